The molecule has 2 N–H and O–H groups in total. The number of rotatable bonds is 16. The first-order valence-electron chi connectivity index (χ1n) is 17.2. The van der Waals surface area contributed by atoms with Crippen molar-refractivity contribution in [3.63, 3.8) is 0 Å². The molecule has 0 spiro atoms. The van der Waals surface area contributed by atoms with Crippen LogP contribution in [0.2, 0.25) is 0 Å². The number of unbranched alkanes of at least 4 members (excludes halogenated alkanes) is 1. The minimum Gasteiger partial charge on any atom is -0.493 e. The maximum atomic E-state index is 13.6. The van der Waals surface area contributed by atoms with Crippen molar-refractivity contribution in [1.82, 2.24) is 10.2 Å². The van der Waals surface area contributed by atoms with Gasteiger partial charge in [0, 0.05) is 48.7 Å². The number of methoxy groups -OCH3 is 1. The van der Waals surface area contributed by atoms with Gasteiger partial charge in [0.25, 0.3) is 5.91 Å². The van der Waals surface area contributed by atoms with Crippen LogP contribution in [0.4, 0.5) is 16.2 Å². The average molecular weight is 645 g/mol. The van der Waals surface area contributed by atoms with E-state index in [2.05, 4.69) is 29.4 Å². The molecule has 0 radical (unpaired) electrons. The molecule has 0 saturated carbocycles. The summed E-state index contributed by atoms with van der Waals surface area (Å²) in [5.74, 6) is 2.34. The lowest BCUT2D eigenvalue weighted by atomic mass is 10.1. The molecule has 1 aliphatic rings. The average Bonchev–Trinajstić information content (AvgIpc) is 3.10. The molecule has 1 aliphatic heterocycles. The summed E-state index contributed by atoms with van der Waals surface area (Å²) in [7, 11) is 1.56. The van der Waals surface area contributed by atoms with E-state index >= 15 is 0 Å². The largest absolute Gasteiger partial charge is 0.493 e. The number of likely N-dealkylation sites (tertiary alicyclic amines) is 1. The van der Waals surface area contributed by atoms with Crippen LogP contribution in [0.1, 0.15) is 83.0 Å². The Labute approximate surface area is 280 Å². The summed E-state index contributed by atoms with van der Waals surface area (Å²) in [5, 5.41) is 5.82. The van der Waals surface area contributed by atoms with Crippen molar-refractivity contribution in [1.29, 1.82) is 0 Å². The van der Waals surface area contributed by atoms with Crippen LogP contribution < -0.4 is 29.7 Å². The molecular weight excluding hydrogens is 592 g/mol. The highest BCUT2D eigenvalue weighted by Gasteiger charge is 2.21. The smallest absolute Gasteiger partial charge is 0.319 e. The van der Waals surface area contributed by atoms with Gasteiger partial charge < -0.3 is 34.6 Å². The fraction of sp³-hybridized carbons (Fsp3) is 0.474. The van der Waals surface area contributed by atoms with E-state index in [1.165, 1.54) is 19.4 Å². The van der Waals surface area contributed by atoms with Crippen LogP contribution in [0.3, 0.4) is 0 Å². The Morgan fingerprint density at radius 2 is 1.55 bits per heavy atom. The molecule has 3 amide bonds. The number of nitrogens with one attached hydrogen (secondary N) is 2. The number of amides is 3. The Bertz CT molecular complexity index is 1400. The first kappa shape index (κ1) is 35.6. The molecule has 4 rings (SSSR count). The Morgan fingerprint density at radius 1 is 0.872 bits per heavy atom. The Morgan fingerprint density at radius 3 is 2.17 bits per heavy atom. The van der Waals surface area contributed by atoms with Crippen molar-refractivity contribution in [3.8, 4) is 23.0 Å². The number of carbonyl (C=O) groups excluding carboxylic acids is 2. The van der Waals surface area contributed by atoms with Crippen LogP contribution in [0.25, 0.3) is 0 Å². The third-order valence-corrected chi connectivity index (χ3v) is 8.58. The van der Waals surface area contributed by atoms with Gasteiger partial charge in [-0.2, -0.15) is 0 Å². The molecule has 0 unspecified atom stereocenters. The lowest BCUT2D eigenvalue weighted by Gasteiger charge is -2.32. The molecule has 3 aromatic rings. The van der Waals surface area contributed by atoms with E-state index in [1.54, 1.807) is 30.2 Å². The second kappa shape index (κ2) is 18.2. The van der Waals surface area contributed by atoms with E-state index in [0.717, 1.165) is 56.6 Å². The predicted octanol–water partition coefficient (Wildman–Crippen LogP) is 8.50. The zero-order valence-corrected chi connectivity index (χ0v) is 28.7. The van der Waals surface area contributed by atoms with E-state index in [4.69, 9.17) is 14.2 Å². The molecule has 254 valence electrons. The number of ether oxygens (including phenoxy) is 3. The summed E-state index contributed by atoms with van der Waals surface area (Å²) >= 11 is 0. The van der Waals surface area contributed by atoms with Crippen LogP contribution in [0.5, 0.6) is 23.0 Å². The third kappa shape index (κ3) is 10.4. The zero-order chi connectivity index (χ0) is 33.6. The van der Waals surface area contributed by atoms with Crippen molar-refractivity contribution in [2.75, 3.05) is 43.5 Å². The molecule has 0 aliphatic carbocycles. The molecule has 1 heterocycles. The summed E-state index contributed by atoms with van der Waals surface area (Å²) in [6.45, 7) is 12.3. The van der Waals surface area contributed by atoms with Crippen molar-refractivity contribution >= 4 is 23.3 Å². The van der Waals surface area contributed by atoms with Crippen molar-refractivity contribution < 1.29 is 23.8 Å². The SMILES string of the molecule is CCCCN1CCC(Oc2ccc(C(=O)N(CCC)c3ccc(Oc4ccc(NC(=O)NC(CC)CC)cc4OC)cc3)cc2)CC1. The third-order valence-electron chi connectivity index (χ3n) is 8.58. The second-order valence-electron chi connectivity index (χ2n) is 12.1. The standard InChI is InChI=1S/C38H52N4O5/c1-6-10-24-41-25-21-34(22-26-41)46-32-16-11-28(12-17-32)37(43)42(23-7-2)31-14-18-33(19-15-31)47-35-20-13-30(27-36(35)45-5)40-38(44)39-29(8-3)9-4/h11-20,27,29,34H,6-10,21-26H2,1-5H3,(H2,39,40,44). The number of piperidine rings is 1. The van der Waals surface area contributed by atoms with E-state index in [9.17, 15) is 9.59 Å². The van der Waals surface area contributed by atoms with Gasteiger partial charge in [-0.3, -0.25) is 4.79 Å². The Kier molecular flexibility index (Phi) is 13.8. The van der Waals surface area contributed by atoms with Crippen molar-refractivity contribution in [2.45, 2.75) is 84.8 Å². The highest BCUT2D eigenvalue weighted by Crippen LogP contribution is 2.35. The Balaban J connectivity index is 1.36. The minimum absolute atomic E-state index is 0.0608. The van der Waals surface area contributed by atoms with E-state index < -0.39 is 0 Å². The van der Waals surface area contributed by atoms with Gasteiger partial charge in [0.2, 0.25) is 0 Å². The number of nitrogens with zero attached hydrogens (tertiary/aromatic N) is 2. The number of hydrogen-bond acceptors (Lipinski definition) is 6. The summed E-state index contributed by atoms with van der Waals surface area (Å²) in [6.07, 6.45) is 7.29. The monoisotopic (exact) mass is 644 g/mol. The van der Waals surface area contributed by atoms with Gasteiger partial charge >= 0.3 is 6.03 Å². The molecule has 9 heteroatoms. The molecule has 0 aromatic heterocycles. The summed E-state index contributed by atoms with van der Waals surface area (Å²) in [5.41, 5.74) is 2.01. The number of urea groups is 1. The quantitative estimate of drug-likeness (QED) is 0.162. The molecule has 0 bridgehead atoms. The van der Waals surface area contributed by atoms with E-state index in [0.29, 0.717) is 35.0 Å². The molecule has 3 aromatic carbocycles. The van der Waals surface area contributed by atoms with Crippen molar-refractivity contribution in [3.05, 3.63) is 72.3 Å². The maximum absolute atomic E-state index is 13.6. The first-order valence-corrected chi connectivity index (χ1v) is 17.2. The molecule has 1 fully saturated rings. The normalized spacial score (nSPS) is 13.7. The van der Waals surface area contributed by atoms with Crippen LogP contribution in [-0.4, -0.2) is 62.3 Å². The van der Waals surface area contributed by atoms with Crippen LogP contribution in [-0.2, 0) is 0 Å². The summed E-state index contributed by atoms with van der Waals surface area (Å²) < 4.78 is 17.9. The zero-order valence-electron chi connectivity index (χ0n) is 28.7. The molecule has 0 atom stereocenters. The minimum atomic E-state index is -0.255. The fourth-order valence-electron chi connectivity index (χ4n) is 5.72. The molecule has 9 nitrogen and oxygen atoms in total. The number of benzene rings is 3. The van der Waals surface area contributed by atoms with E-state index in [1.807, 2.05) is 62.4 Å². The van der Waals surface area contributed by atoms with E-state index in [-0.39, 0.29) is 24.1 Å². The lowest BCUT2D eigenvalue weighted by Crippen LogP contribution is -2.38. The number of carbonyl (C=O) groups is 2. The molecule has 1 saturated heterocycles. The fourth-order valence-corrected chi connectivity index (χ4v) is 5.72. The van der Waals surface area contributed by atoms with Gasteiger partial charge in [-0.1, -0.05) is 34.1 Å². The first-order chi connectivity index (χ1) is 22.9. The van der Waals surface area contributed by atoms with Gasteiger partial charge in [-0.05, 0) is 106 Å². The van der Waals surface area contributed by atoms with Gasteiger partial charge in [0.15, 0.2) is 11.5 Å². The molecular formula is C38H52N4O5. The second-order valence-corrected chi connectivity index (χ2v) is 12.1. The van der Waals surface area contributed by atoms with Crippen molar-refractivity contribution in [2.24, 2.45) is 0 Å². The highest BCUT2D eigenvalue weighted by atomic mass is 16.5. The summed E-state index contributed by atoms with van der Waals surface area (Å²) in [6, 6.07) is 20.1. The van der Waals surface area contributed by atoms with Gasteiger partial charge in [0.1, 0.15) is 17.6 Å². The van der Waals surface area contributed by atoms with Gasteiger partial charge in [-0.15, -0.1) is 0 Å². The summed E-state index contributed by atoms with van der Waals surface area (Å²) in [4.78, 5) is 30.3. The number of hydrogen-bond donors (Lipinski definition) is 2. The number of anilines is 2. The van der Waals surface area contributed by atoms with Crippen LogP contribution >= 0.6 is 0 Å². The van der Waals surface area contributed by atoms with Gasteiger partial charge in [-0.25, -0.2) is 4.79 Å². The highest BCUT2D eigenvalue weighted by molar-refractivity contribution is 6.06. The van der Waals surface area contributed by atoms with Crippen LogP contribution in [0, 0.1) is 0 Å². The predicted molar refractivity (Wildman–Crippen MR) is 189 cm³/mol. The topological polar surface area (TPSA) is 92.4 Å². The molecule has 47 heavy (non-hydrogen) atoms. The van der Waals surface area contributed by atoms with Gasteiger partial charge in [0.05, 0.1) is 7.11 Å². The Hall–Kier alpha value is -4.24. The maximum Gasteiger partial charge on any atom is 0.319 e. The van der Waals surface area contributed by atoms with Crippen LogP contribution in [0.15, 0.2) is 66.7 Å². The lowest BCUT2D eigenvalue weighted by molar-refractivity contribution is 0.0983.